The zero-order valence-electron chi connectivity index (χ0n) is 7.82. The van der Waals surface area contributed by atoms with Gasteiger partial charge in [-0.2, -0.15) is 0 Å². The minimum atomic E-state index is -2.27. The molecule has 0 rings (SSSR count). The van der Waals surface area contributed by atoms with E-state index in [0.717, 1.165) is 0 Å². The van der Waals surface area contributed by atoms with Gasteiger partial charge in [0.05, 0.1) is 0 Å². The molecule has 0 heterocycles. The van der Waals surface area contributed by atoms with Gasteiger partial charge in [0.25, 0.3) is 0 Å². The highest BCUT2D eigenvalue weighted by Crippen LogP contribution is 1.99. The average Bonchev–Trinajstić information content (AvgIpc) is 1.60. The summed E-state index contributed by atoms with van der Waals surface area (Å²) in [6.45, 7) is 7.06. The fourth-order valence-electron chi connectivity index (χ4n) is 0.492. The lowest BCUT2D eigenvalue weighted by atomic mass is 11.9. The SMILES string of the molecule is [2H]O[Si](C)(C)O[Si]([2H])(C)C. The van der Waals surface area contributed by atoms with E-state index in [1.54, 1.807) is 26.2 Å². The Morgan fingerprint density at radius 1 is 1.75 bits per heavy atom. The van der Waals surface area contributed by atoms with E-state index in [1.807, 2.05) is 0 Å². The summed E-state index contributed by atoms with van der Waals surface area (Å²) in [5.74, 6) is 0. The summed E-state index contributed by atoms with van der Waals surface area (Å²) in [7, 11) is -4.52. The summed E-state index contributed by atoms with van der Waals surface area (Å²) < 4.78 is 19.4. The van der Waals surface area contributed by atoms with Crippen molar-refractivity contribution in [3.63, 3.8) is 0 Å². The molecule has 0 radical (unpaired) electrons. The standard InChI is InChI=1S/C4H14O2Si2/c1-7(2)6-8(3,4)5/h5,7H,1-4H3/i5D,7D. The molecule has 0 aliphatic rings. The third kappa shape index (κ3) is 6.35. The van der Waals surface area contributed by atoms with Crippen molar-refractivity contribution in [2.75, 3.05) is 0 Å². The molecule has 0 bridgehead atoms. The van der Waals surface area contributed by atoms with Gasteiger partial charge >= 0.3 is 8.56 Å². The van der Waals surface area contributed by atoms with Crippen LogP contribution >= 0.6 is 0 Å². The number of hydrogen-bond donors (Lipinski definition) is 1. The van der Waals surface area contributed by atoms with Gasteiger partial charge in [-0.25, -0.2) is 0 Å². The minimum Gasteiger partial charge on any atom is -0.439 e. The lowest BCUT2D eigenvalue weighted by molar-refractivity contribution is 0.398. The van der Waals surface area contributed by atoms with Crippen LogP contribution in [0.1, 0.15) is 0 Å². The molecule has 0 atom stereocenters. The summed E-state index contributed by atoms with van der Waals surface area (Å²) in [4.78, 5) is 4.40. The first kappa shape index (κ1) is 5.16. The van der Waals surface area contributed by atoms with Crippen LogP contribution in [0.15, 0.2) is 0 Å². The maximum Gasteiger partial charge on any atom is 0.318 e. The molecule has 8 heavy (non-hydrogen) atoms. The summed E-state index contributed by atoms with van der Waals surface area (Å²) in [5.41, 5.74) is 0. The third-order valence-electron chi connectivity index (χ3n) is 0.450. The number of rotatable bonds is 3. The normalized spacial score (nSPS) is 17.5. The van der Waals surface area contributed by atoms with Crippen LogP contribution < -0.4 is 0 Å². The largest absolute Gasteiger partial charge is 0.439 e. The van der Waals surface area contributed by atoms with Crippen molar-refractivity contribution in [2.24, 2.45) is 0 Å². The Labute approximate surface area is 56.2 Å². The van der Waals surface area contributed by atoms with Gasteiger partial charge in [-0.3, -0.25) is 0 Å². The molecule has 0 aliphatic carbocycles. The fourth-order valence-corrected chi connectivity index (χ4v) is 4.42. The Bertz CT molecular complexity index is 112. The van der Waals surface area contributed by atoms with Crippen LogP contribution in [0.4, 0.5) is 0 Å². The van der Waals surface area contributed by atoms with Crippen molar-refractivity contribution < 1.29 is 8.91 Å². The molecule has 50 valence electrons. The predicted octanol–water partition coefficient (Wildman–Crippen LogP) is 0.680. The third-order valence-corrected chi connectivity index (χ3v) is 4.05. The second-order valence-corrected chi connectivity index (χ2v) is 7.84. The molecule has 0 saturated heterocycles. The van der Waals surface area contributed by atoms with E-state index < -0.39 is 17.5 Å². The van der Waals surface area contributed by atoms with Crippen LogP contribution in [0.5, 0.6) is 0 Å². The molecule has 0 aromatic carbocycles. The smallest absolute Gasteiger partial charge is 0.318 e. The Hall–Kier alpha value is 0.354. The molecular weight excluding hydrogens is 136 g/mol. The van der Waals surface area contributed by atoms with Crippen molar-refractivity contribution in [3.8, 4) is 0 Å². The van der Waals surface area contributed by atoms with Crippen molar-refractivity contribution in [1.82, 2.24) is 0 Å². The highest BCUT2D eigenvalue weighted by Gasteiger charge is 2.19. The van der Waals surface area contributed by atoms with Gasteiger partial charge in [-0.15, -0.1) is 0 Å². The van der Waals surface area contributed by atoms with Crippen LogP contribution in [0.2, 0.25) is 26.2 Å². The molecule has 0 aliphatic heterocycles. The first-order chi connectivity index (χ1) is 4.27. The van der Waals surface area contributed by atoms with Gasteiger partial charge in [-0.1, -0.05) is 0 Å². The summed E-state index contributed by atoms with van der Waals surface area (Å²) >= 11 is 0. The van der Waals surface area contributed by atoms with E-state index in [-0.39, 0.29) is 0 Å². The first-order valence-corrected chi connectivity index (χ1v) is 7.84. The fraction of sp³-hybridized carbons (Fsp3) is 1.00. The zero-order chi connectivity index (χ0) is 8.41. The van der Waals surface area contributed by atoms with E-state index in [2.05, 4.69) is 4.80 Å². The van der Waals surface area contributed by atoms with Crippen molar-refractivity contribution in [3.05, 3.63) is 0 Å². The highest BCUT2D eigenvalue weighted by atomic mass is 28.4. The molecule has 0 spiro atoms. The van der Waals surface area contributed by atoms with Gasteiger partial charge in [0.2, 0.25) is 0 Å². The molecular formula is C4H14O2Si2. The van der Waals surface area contributed by atoms with Gasteiger partial charge in [0.1, 0.15) is 0 Å². The van der Waals surface area contributed by atoms with Crippen molar-refractivity contribution in [1.29, 1.82) is 2.67 Å². The molecule has 2 nitrogen and oxygen atoms in total. The lowest BCUT2D eigenvalue weighted by Crippen LogP contribution is -2.34. The Balaban J connectivity index is 3.89. The van der Waals surface area contributed by atoms with Gasteiger partial charge in [0, 0.05) is 1.23 Å². The van der Waals surface area contributed by atoms with Crippen LogP contribution in [-0.4, -0.2) is 25.0 Å². The monoisotopic (exact) mass is 152 g/mol. The predicted molar refractivity (Wildman–Crippen MR) is 39.7 cm³/mol. The molecule has 0 saturated carbocycles. The molecule has 0 unspecified atom stereocenters. The summed E-state index contributed by atoms with van der Waals surface area (Å²) in [6.07, 6.45) is 0. The highest BCUT2D eigenvalue weighted by molar-refractivity contribution is 6.71. The van der Waals surface area contributed by atoms with Gasteiger partial charge in [-0.05, 0) is 26.2 Å². The topological polar surface area (TPSA) is 29.5 Å². The Morgan fingerprint density at radius 3 is 2.38 bits per heavy atom. The molecule has 0 aromatic rings. The second kappa shape index (κ2) is 2.77. The zero-order valence-corrected chi connectivity index (χ0v) is 7.82. The van der Waals surface area contributed by atoms with Gasteiger partial charge in [0.15, 0.2) is 10.4 Å². The molecule has 4 heteroatoms. The van der Waals surface area contributed by atoms with Crippen LogP contribution in [0.3, 0.4) is 0 Å². The molecule has 1 N–H and O–H groups in total. The summed E-state index contributed by atoms with van der Waals surface area (Å²) in [5, 5.41) is 0. The maximum absolute atomic E-state index is 7.48. The Kier molecular flexibility index (Phi) is 1.79. The van der Waals surface area contributed by atoms with E-state index in [4.69, 9.17) is 6.78 Å². The van der Waals surface area contributed by atoms with E-state index in [9.17, 15) is 0 Å². The van der Waals surface area contributed by atoms with Gasteiger partial charge < -0.3 is 8.91 Å². The summed E-state index contributed by atoms with van der Waals surface area (Å²) in [6, 6.07) is 0. The minimum absolute atomic E-state index is 1.76. The first-order valence-electron chi connectivity index (χ1n) is 3.52. The van der Waals surface area contributed by atoms with E-state index in [0.29, 0.717) is 0 Å². The van der Waals surface area contributed by atoms with E-state index >= 15 is 0 Å². The van der Waals surface area contributed by atoms with Crippen LogP contribution in [-0.2, 0) is 4.12 Å². The molecule has 0 aromatic heterocycles. The average molecular weight is 152 g/mol. The maximum atomic E-state index is 7.48. The molecule has 0 amide bonds. The van der Waals surface area contributed by atoms with E-state index in [1.165, 1.54) is 0 Å². The lowest BCUT2D eigenvalue weighted by Gasteiger charge is -2.17. The second-order valence-electron chi connectivity index (χ2n) is 2.41. The van der Waals surface area contributed by atoms with Crippen LogP contribution in [0, 0.1) is 0 Å². The van der Waals surface area contributed by atoms with Crippen LogP contribution in [0.25, 0.3) is 0 Å². The Morgan fingerprint density at radius 2 is 2.25 bits per heavy atom. The molecule has 0 fully saturated rings. The van der Waals surface area contributed by atoms with Crippen molar-refractivity contribution in [2.45, 2.75) is 26.2 Å². The van der Waals surface area contributed by atoms with Crippen molar-refractivity contribution >= 4 is 17.5 Å². The number of hydrogen-bond acceptors (Lipinski definition) is 2. The quantitative estimate of drug-likeness (QED) is 0.603.